The summed E-state index contributed by atoms with van der Waals surface area (Å²) < 4.78 is 36.5. The van der Waals surface area contributed by atoms with E-state index < -0.39 is 26.9 Å². The quantitative estimate of drug-likeness (QED) is 0.859. The molecular formula is C19H23NO5S. The second kappa shape index (κ2) is 7.78. The summed E-state index contributed by atoms with van der Waals surface area (Å²) in [5.74, 6) is 0.585. The number of benzene rings is 2. The summed E-state index contributed by atoms with van der Waals surface area (Å²) in [7, 11) is -2.36. The van der Waals surface area contributed by atoms with Gasteiger partial charge in [-0.3, -0.25) is 0 Å². The molecule has 0 radical (unpaired) electrons. The van der Waals surface area contributed by atoms with Crippen LogP contribution in [0.3, 0.4) is 0 Å². The van der Waals surface area contributed by atoms with Gasteiger partial charge in [0, 0.05) is 0 Å². The first-order valence-corrected chi connectivity index (χ1v) is 9.60. The molecule has 0 heterocycles. The lowest BCUT2D eigenvalue weighted by molar-refractivity contribution is 0.0519. The number of hydrogen-bond donors (Lipinski definition) is 1. The van der Waals surface area contributed by atoms with Gasteiger partial charge in [0.2, 0.25) is 9.84 Å². The van der Waals surface area contributed by atoms with E-state index in [9.17, 15) is 13.2 Å². The van der Waals surface area contributed by atoms with E-state index in [1.807, 2.05) is 0 Å². The third-order valence-corrected chi connectivity index (χ3v) is 5.39. The highest BCUT2D eigenvalue weighted by molar-refractivity contribution is 7.91. The Bertz CT molecular complexity index is 840. The summed E-state index contributed by atoms with van der Waals surface area (Å²) in [6.45, 7) is 5.13. The maximum absolute atomic E-state index is 13.1. The summed E-state index contributed by atoms with van der Waals surface area (Å²) in [4.78, 5) is 12.3. The largest absolute Gasteiger partial charge is 0.497 e. The minimum Gasteiger partial charge on any atom is -0.497 e. The van der Waals surface area contributed by atoms with Crippen molar-refractivity contribution in [3.05, 3.63) is 60.2 Å². The van der Waals surface area contributed by atoms with Gasteiger partial charge in [-0.15, -0.1) is 0 Å². The average Bonchev–Trinajstić information content (AvgIpc) is 2.59. The maximum Gasteiger partial charge on any atom is 0.408 e. The van der Waals surface area contributed by atoms with Crippen molar-refractivity contribution in [2.24, 2.45) is 0 Å². The van der Waals surface area contributed by atoms with Gasteiger partial charge in [-0.1, -0.05) is 30.3 Å². The third-order valence-electron chi connectivity index (χ3n) is 3.45. The Morgan fingerprint density at radius 3 is 2.08 bits per heavy atom. The number of carbonyl (C=O) groups is 1. The Balaban J connectivity index is 2.42. The predicted octanol–water partition coefficient (Wildman–Crippen LogP) is 3.69. The van der Waals surface area contributed by atoms with Gasteiger partial charge in [-0.05, 0) is 50.6 Å². The molecule has 2 aromatic rings. The fourth-order valence-corrected chi connectivity index (χ4v) is 3.86. The Morgan fingerprint density at radius 1 is 1.00 bits per heavy atom. The number of methoxy groups -OCH3 is 1. The number of sulfone groups is 1. The van der Waals surface area contributed by atoms with Gasteiger partial charge in [0.05, 0.1) is 12.0 Å². The zero-order valence-corrected chi connectivity index (χ0v) is 16.0. The van der Waals surface area contributed by atoms with Crippen LogP contribution < -0.4 is 10.1 Å². The standard InChI is InChI=1S/C19H23NO5S/c1-19(2,3)25-18(21)20-17(14-10-12-15(24-4)13-11-14)26(22,23)16-8-6-5-7-9-16/h5-13,17H,1-4H3,(H,20,21)/t17-/m1/s1. The van der Waals surface area contributed by atoms with Crippen LogP contribution >= 0.6 is 0 Å². The number of hydrogen-bond acceptors (Lipinski definition) is 5. The minimum atomic E-state index is -3.88. The molecule has 0 saturated carbocycles. The minimum absolute atomic E-state index is 0.108. The zero-order valence-electron chi connectivity index (χ0n) is 15.2. The second-order valence-corrected chi connectivity index (χ2v) is 8.69. The maximum atomic E-state index is 13.1. The second-order valence-electron chi connectivity index (χ2n) is 6.66. The molecule has 1 N–H and O–H groups in total. The molecule has 2 aromatic carbocycles. The van der Waals surface area contributed by atoms with E-state index in [1.54, 1.807) is 63.2 Å². The molecule has 7 heteroatoms. The summed E-state index contributed by atoms with van der Waals surface area (Å²) in [6.07, 6.45) is -0.808. The molecule has 1 atom stereocenters. The number of alkyl carbamates (subject to hydrolysis) is 1. The highest BCUT2D eigenvalue weighted by atomic mass is 32.2. The lowest BCUT2D eigenvalue weighted by Crippen LogP contribution is -2.38. The molecule has 0 unspecified atom stereocenters. The average molecular weight is 377 g/mol. The van der Waals surface area contributed by atoms with Crippen molar-refractivity contribution in [2.75, 3.05) is 7.11 Å². The van der Waals surface area contributed by atoms with Crippen molar-refractivity contribution >= 4 is 15.9 Å². The van der Waals surface area contributed by atoms with Gasteiger partial charge >= 0.3 is 6.09 Å². The number of nitrogens with one attached hydrogen (secondary N) is 1. The van der Waals surface area contributed by atoms with Crippen LogP contribution in [0, 0.1) is 0 Å². The molecule has 0 aliphatic rings. The topological polar surface area (TPSA) is 81.7 Å². The summed E-state index contributed by atoms with van der Waals surface area (Å²) in [6, 6.07) is 14.4. The van der Waals surface area contributed by atoms with Crippen LogP contribution in [-0.2, 0) is 14.6 Å². The lowest BCUT2D eigenvalue weighted by atomic mass is 10.2. The monoisotopic (exact) mass is 377 g/mol. The van der Waals surface area contributed by atoms with E-state index in [1.165, 1.54) is 19.2 Å². The Morgan fingerprint density at radius 2 is 1.58 bits per heavy atom. The van der Waals surface area contributed by atoms with Crippen LogP contribution in [0.4, 0.5) is 4.79 Å². The molecule has 0 fully saturated rings. The van der Waals surface area contributed by atoms with Crippen LogP contribution in [0.1, 0.15) is 31.7 Å². The van der Waals surface area contributed by atoms with E-state index in [0.29, 0.717) is 11.3 Å². The van der Waals surface area contributed by atoms with Crippen LogP contribution in [0.25, 0.3) is 0 Å². The Hall–Kier alpha value is -2.54. The summed E-state index contributed by atoms with van der Waals surface area (Å²) >= 11 is 0. The summed E-state index contributed by atoms with van der Waals surface area (Å²) in [5, 5.41) is 1.19. The van der Waals surface area contributed by atoms with Crippen molar-refractivity contribution in [3.8, 4) is 5.75 Å². The molecule has 1 amide bonds. The molecule has 0 spiro atoms. The van der Waals surface area contributed by atoms with Crippen LogP contribution in [0.2, 0.25) is 0 Å². The first kappa shape index (κ1) is 19.8. The van der Waals surface area contributed by atoms with E-state index in [4.69, 9.17) is 9.47 Å². The summed E-state index contributed by atoms with van der Waals surface area (Å²) in [5.41, 5.74) is -0.342. The van der Waals surface area contributed by atoms with Crippen molar-refractivity contribution in [2.45, 2.75) is 36.6 Å². The number of rotatable bonds is 5. The normalized spacial score (nSPS) is 12.9. The number of amides is 1. The first-order chi connectivity index (χ1) is 12.1. The van der Waals surface area contributed by atoms with E-state index >= 15 is 0 Å². The smallest absolute Gasteiger partial charge is 0.408 e. The fraction of sp³-hybridized carbons (Fsp3) is 0.316. The van der Waals surface area contributed by atoms with Crippen molar-refractivity contribution in [1.29, 1.82) is 0 Å². The van der Waals surface area contributed by atoms with E-state index in [2.05, 4.69) is 5.32 Å². The Kier molecular flexibility index (Phi) is 5.92. The van der Waals surface area contributed by atoms with Crippen molar-refractivity contribution < 1.29 is 22.7 Å². The predicted molar refractivity (Wildman–Crippen MR) is 98.7 cm³/mol. The van der Waals surface area contributed by atoms with Gasteiger partial charge in [0.25, 0.3) is 0 Å². The third kappa shape index (κ3) is 4.98. The Labute approximate surface area is 154 Å². The van der Waals surface area contributed by atoms with E-state index in [0.717, 1.165) is 0 Å². The van der Waals surface area contributed by atoms with Crippen LogP contribution in [0.15, 0.2) is 59.5 Å². The molecule has 0 aromatic heterocycles. The number of carbonyl (C=O) groups excluding carboxylic acids is 1. The molecule has 0 aliphatic carbocycles. The molecule has 2 rings (SSSR count). The highest BCUT2D eigenvalue weighted by Crippen LogP contribution is 2.28. The fourth-order valence-electron chi connectivity index (χ4n) is 2.28. The van der Waals surface area contributed by atoms with Gasteiger partial charge in [-0.2, -0.15) is 0 Å². The molecular weight excluding hydrogens is 354 g/mol. The van der Waals surface area contributed by atoms with Crippen molar-refractivity contribution in [3.63, 3.8) is 0 Å². The van der Waals surface area contributed by atoms with Gasteiger partial charge in [-0.25, -0.2) is 13.2 Å². The SMILES string of the molecule is COc1ccc([C@H](NC(=O)OC(C)(C)C)S(=O)(=O)c2ccccc2)cc1. The van der Waals surface area contributed by atoms with E-state index in [-0.39, 0.29) is 4.90 Å². The number of ether oxygens (including phenoxy) is 2. The molecule has 0 bridgehead atoms. The molecule has 140 valence electrons. The van der Waals surface area contributed by atoms with Gasteiger partial charge in [0.1, 0.15) is 11.4 Å². The van der Waals surface area contributed by atoms with Crippen LogP contribution in [0.5, 0.6) is 5.75 Å². The lowest BCUT2D eigenvalue weighted by Gasteiger charge is -2.24. The van der Waals surface area contributed by atoms with Gasteiger partial charge < -0.3 is 14.8 Å². The van der Waals surface area contributed by atoms with Crippen molar-refractivity contribution in [1.82, 2.24) is 5.32 Å². The molecule has 6 nitrogen and oxygen atoms in total. The molecule has 0 saturated heterocycles. The van der Waals surface area contributed by atoms with Gasteiger partial charge in [0.15, 0.2) is 5.37 Å². The first-order valence-electron chi connectivity index (χ1n) is 8.06. The highest BCUT2D eigenvalue weighted by Gasteiger charge is 2.32. The van der Waals surface area contributed by atoms with Crippen LogP contribution in [-0.4, -0.2) is 27.2 Å². The zero-order chi connectivity index (χ0) is 19.4. The molecule has 26 heavy (non-hydrogen) atoms. The molecule has 0 aliphatic heterocycles.